The van der Waals surface area contributed by atoms with Gasteiger partial charge in [0.05, 0.1) is 11.7 Å². The standard InChI is InChI=1S/C24H34F3N3O4/c1-15-11-30(12-17-5-6-17)16(2)14-34-20-8-7-18(28-22(31)10-24(25,26)27)9-19(20)23(32)29(3)13-21(15)33-4/h7-9,15-17,21H,5-6,10-14H2,1-4H3,(H,28,31)/t15-,16+,21+/m1/s1. The lowest BCUT2D eigenvalue weighted by Crippen LogP contribution is -2.47. The van der Waals surface area contributed by atoms with Gasteiger partial charge >= 0.3 is 6.18 Å². The van der Waals surface area contributed by atoms with Gasteiger partial charge in [-0.2, -0.15) is 13.2 Å². The highest BCUT2D eigenvalue weighted by molar-refractivity contribution is 5.99. The van der Waals surface area contributed by atoms with E-state index in [0.29, 0.717) is 24.8 Å². The maximum atomic E-state index is 13.3. The van der Waals surface area contributed by atoms with Gasteiger partial charge in [-0.1, -0.05) is 6.92 Å². The molecular weight excluding hydrogens is 451 g/mol. The average Bonchev–Trinajstić information content (AvgIpc) is 3.57. The molecule has 1 saturated carbocycles. The minimum atomic E-state index is -4.62. The topological polar surface area (TPSA) is 71.1 Å². The molecule has 0 aromatic heterocycles. The SMILES string of the molecule is CO[C@H]1CN(C)C(=O)c2cc(NC(=O)CC(F)(F)F)ccc2OC[C@H](C)N(CC2CC2)C[C@H]1C. The van der Waals surface area contributed by atoms with Crippen molar-refractivity contribution in [3.8, 4) is 5.75 Å². The van der Waals surface area contributed by atoms with Gasteiger partial charge in [-0.25, -0.2) is 0 Å². The molecule has 1 fully saturated rings. The molecule has 0 bridgehead atoms. The number of anilines is 1. The minimum Gasteiger partial charge on any atom is -0.491 e. The number of hydrogen-bond donors (Lipinski definition) is 1. The van der Waals surface area contributed by atoms with Crippen LogP contribution in [0.4, 0.5) is 18.9 Å². The molecule has 1 aliphatic heterocycles. The second kappa shape index (κ2) is 10.9. The number of carbonyl (C=O) groups is 2. The molecule has 1 aromatic carbocycles. The van der Waals surface area contributed by atoms with Gasteiger partial charge in [0.2, 0.25) is 5.91 Å². The van der Waals surface area contributed by atoms with Crippen LogP contribution >= 0.6 is 0 Å². The normalized spacial score (nSPS) is 25.1. The number of nitrogens with one attached hydrogen (secondary N) is 1. The van der Waals surface area contributed by atoms with E-state index in [-0.39, 0.29) is 35.2 Å². The van der Waals surface area contributed by atoms with E-state index >= 15 is 0 Å². The number of carbonyl (C=O) groups excluding carboxylic acids is 2. The Morgan fingerprint density at radius 1 is 1.24 bits per heavy atom. The fraction of sp³-hybridized carbons (Fsp3) is 0.667. The Kier molecular flexibility index (Phi) is 8.46. The van der Waals surface area contributed by atoms with E-state index in [2.05, 4.69) is 24.1 Å². The summed E-state index contributed by atoms with van der Waals surface area (Å²) < 4.78 is 49.4. The van der Waals surface area contributed by atoms with E-state index < -0.39 is 18.5 Å². The van der Waals surface area contributed by atoms with Crippen molar-refractivity contribution in [1.82, 2.24) is 9.80 Å². The van der Waals surface area contributed by atoms with Crippen molar-refractivity contribution in [3.05, 3.63) is 23.8 Å². The summed E-state index contributed by atoms with van der Waals surface area (Å²) in [6, 6.07) is 4.42. The Labute approximate surface area is 198 Å². The first-order valence-electron chi connectivity index (χ1n) is 11.6. The van der Waals surface area contributed by atoms with Crippen LogP contribution in [0.25, 0.3) is 0 Å². The summed E-state index contributed by atoms with van der Waals surface area (Å²) in [7, 11) is 3.28. The van der Waals surface area contributed by atoms with Crippen LogP contribution in [0.15, 0.2) is 18.2 Å². The molecule has 10 heteroatoms. The van der Waals surface area contributed by atoms with Gasteiger partial charge in [0.25, 0.3) is 5.91 Å². The van der Waals surface area contributed by atoms with Gasteiger partial charge in [-0.05, 0) is 49.8 Å². The Bertz CT molecular complexity index is 876. The zero-order valence-electron chi connectivity index (χ0n) is 20.2. The number of likely N-dealkylation sites (N-methyl/N-ethyl adjacent to an activating group) is 1. The number of halogens is 3. The van der Waals surface area contributed by atoms with Crippen molar-refractivity contribution in [2.24, 2.45) is 11.8 Å². The van der Waals surface area contributed by atoms with Crippen molar-refractivity contribution in [3.63, 3.8) is 0 Å². The van der Waals surface area contributed by atoms with E-state index in [0.717, 1.165) is 13.1 Å². The summed E-state index contributed by atoms with van der Waals surface area (Å²) in [4.78, 5) is 29.0. The number of nitrogens with zero attached hydrogens (tertiary/aromatic N) is 2. The van der Waals surface area contributed by atoms with E-state index in [9.17, 15) is 22.8 Å². The number of alkyl halides is 3. The van der Waals surface area contributed by atoms with Crippen molar-refractivity contribution < 1.29 is 32.2 Å². The third-order valence-corrected chi connectivity index (χ3v) is 6.41. The molecule has 190 valence electrons. The van der Waals surface area contributed by atoms with Crippen LogP contribution in [0, 0.1) is 11.8 Å². The molecule has 2 amide bonds. The van der Waals surface area contributed by atoms with Gasteiger partial charge in [-0.3, -0.25) is 14.5 Å². The largest absolute Gasteiger partial charge is 0.491 e. The summed E-state index contributed by atoms with van der Waals surface area (Å²) in [6.07, 6.45) is -3.95. The molecule has 0 spiro atoms. The van der Waals surface area contributed by atoms with Crippen molar-refractivity contribution >= 4 is 17.5 Å². The number of hydrogen-bond acceptors (Lipinski definition) is 5. The Morgan fingerprint density at radius 3 is 2.56 bits per heavy atom. The van der Waals surface area contributed by atoms with Crippen molar-refractivity contribution in [1.29, 1.82) is 0 Å². The first kappa shape index (κ1) is 26.3. The smallest absolute Gasteiger partial charge is 0.397 e. The summed E-state index contributed by atoms with van der Waals surface area (Å²) in [5.41, 5.74) is 0.279. The zero-order valence-corrected chi connectivity index (χ0v) is 20.2. The molecule has 3 rings (SSSR count). The van der Waals surface area contributed by atoms with E-state index in [1.807, 2.05) is 0 Å². The maximum absolute atomic E-state index is 13.3. The van der Waals surface area contributed by atoms with Crippen LogP contribution in [-0.2, 0) is 9.53 Å². The lowest BCUT2D eigenvalue weighted by molar-refractivity contribution is -0.150. The molecule has 1 aliphatic carbocycles. The molecular formula is C24H34F3N3O4. The summed E-state index contributed by atoms with van der Waals surface area (Å²) in [6.45, 7) is 6.68. The summed E-state index contributed by atoms with van der Waals surface area (Å²) in [5.74, 6) is -0.373. The third kappa shape index (κ3) is 7.33. The Morgan fingerprint density at radius 2 is 1.94 bits per heavy atom. The predicted octanol–water partition coefficient (Wildman–Crippen LogP) is 3.79. The first-order valence-corrected chi connectivity index (χ1v) is 11.6. The van der Waals surface area contributed by atoms with Crippen molar-refractivity contribution in [2.45, 2.75) is 51.4 Å². The van der Waals surface area contributed by atoms with Crippen LogP contribution in [0.3, 0.4) is 0 Å². The van der Waals surface area contributed by atoms with Gasteiger partial charge < -0.3 is 19.7 Å². The van der Waals surface area contributed by atoms with Gasteiger partial charge in [0, 0.05) is 45.5 Å². The molecule has 7 nitrogen and oxygen atoms in total. The Hall–Kier alpha value is -2.33. The molecule has 0 saturated heterocycles. The van der Waals surface area contributed by atoms with Crippen molar-refractivity contribution in [2.75, 3.05) is 45.7 Å². The molecule has 1 heterocycles. The quantitative estimate of drug-likeness (QED) is 0.687. The lowest BCUT2D eigenvalue weighted by atomic mass is 10.0. The number of methoxy groups -OCH3 is 1. The van der Waals surface area contributed by atoms with Crippen LogP contribution in [0.2, 0.25) is 0 Å². The second-order valence-electron chi connectivity index (χ2n) is 9.55. The van der Waals surface area contributed by atoms with Gasteiger partial charge in [-0.15, -0.1) is 0 Å². The summed E-state index contributed by atoms with van der Waals surface area (Å²) >= 11 is 0. The summed E-state index contributed by atoms with van der Waals surface area (Å²) in [5, 5.41) is 2.22. The molecule has 0 radical (unpaired) electrons. The Balaban J connectivity index is 1.87. The van der Waals surface area contributed by atoms with E-state index in [4.69, 9.17) is 9.47 Å². The lowest BCUT2D eigenvalue weighted by Gasteiger charge is -2.36. The number of fused-ring (bicyclic) bond motifs is 1. The predicted molar refractivity (Wildman–Crippen MR) is 122 cm³/mol. The van der Waals surface area contributed by atoms with Crippen LogP contribution in [0.5, 0.6) is 5.75 Å². The van der Waals surface area contributed by atoms with Gasteiger partial charge in [0.1, 0.15) is 18.8 Å². The number of ether oxygens (including phenoxy) is 2. The highest BCUT2D eigenvalue weighted by Gasteiger charge is 2.33. The second-order valence-corrected chi connectivity index (χ2v) is 9.55. The van der Waals surface area contributed by atoms with Crippen LogP contribution < -0.4 is 10.1 Å². The fourth-order valence-electron chi connectivity index (χ4n) is 4.20. The fourth-order valence-corrected chi connectivity index (χ4v) is 4.20. The van der Waals surface area contributed by atoms with E-state index in [1.54, 1.807) is 14.2 Å². The third-order valence-electron chi connectivity index (χ3n) is 6.41. The highest BCUT2D eigenvalue weighted by Crippen LogP contribution is 2.32. The van der Waals surface area contributed by atoms with Crippen LogP contribution in [-0.4, -0.2) is 80.3 Å². The highest BCUT2D eigenvalue weighted by atomic mass is 19.4. The minimum absolute atomic E-state index is 0.0897. The number of benzene rings is 1. The maximum Gasteiger partial charge on any atom is 0.397 e. The average molecular weight is 486 g/mol. The zero-order chi connectivity index (χ0) is 25.0. The first-order chi connectivity index (χ1) is 16.0. The number of rotatable bonds is 5. The monoisotopic (exact) mass is 485 g/mol. The number of amides is 2. The molecule has 0 unspecified atom stereocenters. The van der Waals surface area contributed by atoms with Gasteiger partial charge in [0.15, 0.2) is 0 Å². The van der Waals surface area contributed by atoms with Crippen LogP contribution in [0.1, 0.15) is 43.5 Å². The van der Waals surface area contributed by atoms with E-state index in [1.165, 1.54) is 35.9 Å². The molecule has 3 atom stereocenters. The molecule has 1 N–H and O–H groups in total. The molecule has 34 heavy (non-hydrogen) atoms. The molecule has 1 aromatic rings. The molecule has 2 aliphatic rings.